The second-order valence-corrected chi connectivity index (χ2v) is 9.25. The van der Waals surface area contributed by atoms with Gasteiger partial charge in [-0.2, -0.15) is 0 Å². The molecular formula is C27H24ClN3O4. The molecule has 1 fully saturated rings. The quantitative estimate of drug-likeness (QED) is 0.506. The number of anilines is 1. The van der Waals surface area contributed by atoms with Crippen LogP contribution < -0.4 is 5.32 Å². The smallest absolute Gasteiger partial charge is 0.261 e. The van der Waals surface area contributed by atoms with Crippen LogP contribution in [0.25, 0.3) is 10.8 Å². The molecule has 2 heterocycles. The minimum atomic E-state index is -0.354. The highest BCUT2D eigenvalue weighted by molar-refractivity contribution is 6.31. The van der Waals surface area contributed by atoms with Crippen molar-refractivity contribution in [2.45, 2.75) is 25.7 Å². The molecule has 2 aliphatic rings. The van der Waals surface area contributed by atoms with Gasteiger partial charge in [0.05, 0.1) is 11.3 Å². The second kappa shape index (κ2) is 9.50. The number of rotatable bonds is 6. The molecule has 1 N–H and O–H groups in total. The lowest BCUT2D eigenvalue weighted by atomic mass is 9.94. The zero-order valence-corrected chi connectivity index (χ0v) is 19.8. The van der Waals surface area contributed by atoms with Gasteiger partial charge in [0.2, 0.25) is 5.91 Å². The van der Waals surface area contributed by atoms with Gasteiger partial charge in [0, 0.05) is 47.6 Å². The summed E-state index contributed by atoms with van der Waals surface area (Å²) in [5.41, 5.74) is 1.75. The first-order valence-corrected chi connectivity index (χ1v) is 12.1. The van der Waals surface area contributed by atoms with Crippen LogP contribution in [0.1, 0.15) is 56.8 Å². The lowest BCUT2D eigenvalue weighted by Crippen LogP contribution is -2.41. The van der Waals surface area contributed by atoms with Crippen molar-refractivity contribution in [2.75, 3.05) is 25.0 Å². The Labute approximate surface area is 207 Å². The van der Waals surface area contributed by atoms with Crippen LogP contribution in [-0.4, -0.2) is 53.1 Å². The van der Waals surface area contributed by atoms with Gasteiger partial charge in [-0.15, -0.1) is 0 Å². The third-order valence-electron chi connectivity index (χ3n) is 6.52. The number of benzene rings is 3. The van der Waals surface area contributed by atoms with E-state index in [2.05, 4.69) is 5.32 Å². The van der Waals surface area contributed by atoms with E-state index in [4.69, 9.17) is 11.6 Å². The van der Waals surface area contributed by atoms with Gasteiger partial charge < -0.3 is 10.2 Å². The molecule has 35 heavy (non-hydrogen) atoms. The number of amides is 4. The zero-order chi connectivity index (χ0) is 24.5. The summed E-state index contributed by atoms with van der Waals surface area (Å²) >= 11 is 6.12. The lowest BCUT2D eigenvalue weighted by Gasteiger charge is -2.27. The van der Waals surface area contributed by atoms with Crippen LogP contribution in [0, 0.1) is 0 Å². The van der Waals surface area contributed by atoms with Gasteiger partial charge in [-0.1, -0.05) is 35.9 Å². The number of hydrogen-bond donors (Lipinski definition) is 1. The highest BCUT2D eigenvalue weighted by Crippen LogP contribution is 2.30. The summed E-state index contributed by atoms with van der Waals surface area (Å²) in [7, 11) is 0. The minimum Gasteiger partial charge on any atom is -0.339 e. The fraction of sp³-hybridized carbons (Fsp3) is 0.259. The zero-order valence-electron chi connectivity index (χ0n) is 19.1. The Bertz CT molecular complexity index is 1310. The molecule has 178 valence electrons. The van der Waals surface area contributed by atoms with Gasteiger partial charge in [0.1, 0.15) is 0 Å². The summed E-state index contributed by atoms with van der Waals surface area (Å²) in [5, 5.41) is 4.73. The first kappa shape index (κ1) is 23.1. The summed E-state index contributed by atoms with van der Waals surface area (Å²) in [6.07, 6.45) is 2.30. The van der Waals surface area contributed by atoms with Crippen molar-refractivity contribution in [3.8, 4) is 0 Å². The van der Waals surface area contributed by atoms with Crippen molar-refractivity contribution < 1.29 is 19.2 Å². The van der Waals surface area contributed by atoms with Gasteiger partial charge in [0.15, 0.2) is 0 Å². The summed E-state index contributed by atoms with van der Waals surface area (Å²) in [4.78, 5) is 54.6. The number of halogens is 1. The van der Waals surface area contributed by atoms with E-state index < -0.39 is 0 Å². The maximum Gasteiger partial charge on any atom is 0.261 e. The monoisotopic (exact) mass is 489 g/mol. The van der Waals surface area contributed by atoms with Crippen LogP contribution >= 0.6 is 11.6 Å². The van der Waals surface area contributed by atoms with Crippen LogP contribution in [0.3, 0.4) is 0 Å². The molecule has 0 atom stereocenters. The van der Waals surface area contributed by atoms with Crippen molar-refractivity contribution in [1.82, 2.24) is 9.80 Å². The molecule has 4 amide bonds. The van der Waals surface area contributed by atoms with E-state index in [0.717, 1.165) is 18.2 Å². The van der Waals surface area contributed by atoms with Crippen molar-refractivity contribution in [3.05, 3.63) is 76.3 Å². The van der Waals surface area contributed by atoms with Crippen molar-refractivity contribution >= 4 is 51.7 Å². The molecule has 0 unspecified atom stereocenters. The van der Waals surface area contributed by atoms with E-state index in [9.17, 15) is 19.2 Å². The fourth-order valence-electron chi connectivity index (χ4n) is 4.79. The number of nitrogens with one attached hydrogen (secondary N) is 1. The Balaban J connectivity index is 1.25. The van der Waals surface area contributed by atoms with E-state index in [1.807, 2.05) is 12.1 Å². The van der Waals surface area contributed by atoms with E-state index in [0.29, 0.717) is 45.9 Å². The lowest BCUT2D eigenvalue weighted by molar-refractivity contribution is -0.116. The van der Waals surface area contributed by atoms with Gasteiger partial charge >= 0.3 is 0 Å². The first-order chi connectivity index (χ1) is 16.9. The predicted octanol–water partition coefficient (Wildman–Crippen LogP) is 4.74. The standard InChI is InChI=1S/C27H24ClN3O4/c28-18-11-12-19(25(33)30-13-1-2-14-30)22(16-18)29-23(32)10-5-15-31-26(34)20-8-3-6-17-7-4-9-21(24(17)20)27(31)35/h3-4,6-9,11-12,16H,1-2,5,10,13-15H2,(H,29,32). The maximum atomic E-state index is 13.0. The second-order valence-electron chi connectivity index (χ2n) is 8.81. The molecule has 0 spiro atoms. The molecule has 0 saturated carbocycles. The third-order valence-corrected chi connectivity index (χ3v) is 6.76. The van der Waals surface area contributed by atoms with Gasteiger partial charge in [-0.25, -0.2) is 0 Å². The summed E-state index contributed by atoms with van der Waals surface area (Å²) in [5.74, 6) is -1.16. The minimum absolute atomic E-state index is 0.0762. The van der Waals surface area contributed by atoms with Gasteiger partial charge in [-0.05, 0) is 55.0 Å². The number of likely N-dealkylation sites (tertiary alicyclic amines) is 1. The van der Waals surface area contributed by atoms with Gasteiger partial charge in [-0.3, -0.25) is 24.1 Å². The molecule has 1 saturated heterocycles. The van der Waals surface area contributed by atoms with Crippen LogP contribution in [0.4, 0.5) is 5.69 Å². The van der Waals surface area contributed by atoms with Crippen LogP contribution in [0.15, 0.2) is 54.6 Å². The van der Waals surface area contributed by atoms with E-state index >= 15 is 0 Å². The molecule has 0 aromatic heterocycles. The highest BCUT2D eigenvalue weighted by atomic mass is 35.5. The van der Waals surface area contributed by atoms with Gasteiger partial charge in [0.25, 0.3) is 17.7 Å². The first-order valence-electron chi connectivity index (χ1n) is 11.7. The van der Waals surface area contributed by atoms with Crippen molar-refractivity contribution in [3.63, 3.8) is 0 Å². The van der Waals surface area contributed by atoms with Crippen molar-refractivity contribution in [1.29, 1.82) is 0 Å². The molecule has 0 aliphatic carbocycles. The molecule has 2 aliphatic heterocycles. The normalized spacial score (nSPS) is 15.1. The molecule has 7 nitrogen and oxygen atoms in total. The Morgan fingerprint density at radius 3 is 2.23 bits per heavy atom. The molecular weight excluding hydrogens is 466 g/mol. The third kappa shape index (κ3) is 4.39. The number of hydrogen-bond acceptors (Lipinski definition) is 4. The Morgan fingerprint density at radius 2 is 1.57 bits per heavy atom. The van der Waals surface area contributed by atoms with E-state index in [1.165, 1.54) is 4.90 Å². The summed E-state index contributed by atoms with van der Waals surface area (Å²) in [6, 6.07) is 15.6. The molecule has 3 aromatic carbocycles. The average Bonchev–Trinajstić information content (AvgIpc) is 3.39. The maximum absolute atomic E-state index is 13.0. The average molecular weight is 490 g/mol. The number of imide groups is 1. The van der Waals surface area contributed by atoms with Crippen LogP contribution in [0.5, 0.6) is 0 Å². The van der Waals surface area contributed by atoms with Crippen molar-refractivity contribution in [2.24, 2.45) is 0 Å². The van der Waals surface area contributed by atoms with E-state index in [1.54, 1.807) is 47.4 Å². The largest absolute Gasteiger partial charge is 0.339 e. The SMILES string of the molecule is O=C(CCCN1C(=O)c2cccc3cccc(c23)C1=O)Nc1cc(Cl)ccc1C(=O)N1CCCC1. The molecule has 5 rings (SSSR count). The summed E-state index contributed by atoms with van der Waals surface area (Å²) in [6.45, 7) is 1.51. The molecule has 0 radical (unpaired) electrons. The highest BCUT2D eigenvalue weighted by Gasteiger charge is 2.32. The number of nitrogens with zero attached hydrogens (tertiary/aromatic N) is 2. The molecule has 0 bridgehead atoms. The summed E-state index contributed by atoms with van der Waals surface area (Å²) < 4.78 is 0. The topological polar surface area (TPSA) is 86.8 Å². The number of carbonyl (C=O) groups excluding carboxylic acids is 4. The predicted molar refractivity (Wildman–Crippen MR) is 134 cm³/mol. The van der Waals surface area contributed by atoms with Crippen LogP contribution in [0.2, 0.25) is 5.02 Å². The molecule has 3 aromatic rings. The van der Waals surface area contributed by atoms with Crippen LogP contribution in [-0.2, 0) is 4.79 Å². The fourth-order valence-corrected chi connectivity index (χ4v) is 4.96. The Hall–Kier alpha value is -3.71. The Morgan fingerprint density at radius 1 is 0.914 bits per heavy atom. The van der Waals surface area contributed by atoms with E-state index in [-0.39, 0.29) is 43.0 Å². The Kier molecular flexibility index (Phi) is 6.26. The molecule has 8 heteroatoms. The number of carbonyl (C=O) groups is 4.